The van der Waals surface area contributed by atoms with Gasteiger partial charge in [0.25, 0.3) is 0 Å². The van der Waals surface area contributed by atoms with E-state index in [9.17, 15) is 9.90 Å². The number of benzene rings is 1. The van der Waals surface area contributed by atoms with Gasteiger partial charge >= 0.3 is 0 Å². The van der Waals surface area contributed by atoms with Gasteiger partial charge in [0.05, 0.1) is 12.6 Å². The quantitative estimate of drug-likeness (QED) is 0.608. The maximum atomic E-state index is 12.9. The smallest absolute Gasteiger partial charge is 0.223 e. The summed E-state index contributed by atoms with van der Waals surface area (Å²) >= 11 is 0. The lowest BCUT2D eigenvalue weighted by Crippen LogP contribution is -2.41. The van der Waals surface area contributed by atoms with Crippen molar-refractivity contribution in [3.8, 4) is 0 Å². The topological polar surface area (TPSA) is 69.2 Å². The molecule has 0 saturated heterocycles. The molecule has 2 aromatic heterocycles. The summed E-state index contributed by atoms with van der Waals surface area (Å²) < 4.78 is 0. The van der Waals surface area contributed by atoms with Gasteiger partial charge in [-0.25, -0.2) is 0 Å². The third kappa shape index (κ3) is 4.74. The van der Waals surface area contributed by atoms with Gasteiger partial charge in [-0.3, -0.25) is 9.78 Å². The summed E-state index contributed by atoms with van der Waals surface area (Å²) in [6.07, 6.45) is 8.36. The van der Waals surface area contributed by atoms with E-state index in [0.717, 1.165) is 30.3 Å². The van der Waals surface area contributed by atoms with Crippen LogP contribution in [0.5, 0.6) is 0 Å². The SMILES string of the molecule is CC[C@@H](CO)N(Cc1cccnc1)C(=O)CCCc1c[nH]c2ccccc12. The van der Waals surface area contributed by atoms with E-state index in [1.165, 1.54) is 10.9 Å². The molecule has 1 amide bonds. The predicted molar refractivity (Wildman–Crippen MR) is 107 cm³/mol. The minimum Gasteiger partial charge on any atom is -0.394 e. The molecule has 0 fully saturated rings. The molecule has 5 nitrogen and oxygen atoms in total. The van der Waals surface area contributed by atoms with E-state index in [2.05, 4.69) is 22.1 Å². The van der Waals surface area contributed by atoms with Crippen molar-refractivity contribution in [1.82, 2.24) is 14.9 Å². The van der Waals surface area contributed by atoms with Gasteiger partial charge < -0.3 is 15.0 Å². The number of nitrogens with zero attached hydrogens (tertiary/aromatic N) is 2. The number of rotatable bonds is 9. The maximum Gasteiger partial charge on any atom is 0.223 e. The van der Waals surface area contributed by atoms with E-state index in [1.54, 1.807) is 17.3 Å². The molecule has 1 atom stereocenters. The van der Waals surface area contributed by atoms with E-state index in [-0.39, 0.29) is 18.6 Å². The van der Waals surface area contributed by atoms with Crippen LogP contribution in [0.3, 0.4) is 0 Å². The first-order valence-electron chi connectivity index (χ1n) is 9.57. The first kappa shape index (κ1) is 19.1. The summed E-state index contributed by atoms with van der Waals surface area (Å²) in [5, 5.41) is 10.9. The third-order valence-electron chi connectivity index (χ3n) is 5.03. The lowest BCUT2D eigenvalue weighted by atomic mass is 10.1. The van der Waals surface area contributed by atoms with Crippen LogP contribution in [0.15, 0.2) is 55.0 Å². The normalized spacial score (nSPS) is 12.2. The summed E-state index contributed by atoms with van der Waals surface area (Å²) in [5.41, 5.74) is 3.35. The Balaban J connectivity index is 1.63. The van der Waals surface area contributed by atoms with Crippen LogP contribution in [0.2, 0.25) is 0 Å². The van der Waals surface area contributed by atoms with Crippen LogP contribution in [0.4, 0.5) is 0 Å². The first-order valence-corrected chi connectivity index (χ1v) is 9.57. The number of aliphatic hydroxyl groups is 1. The molecule has 3 rings (SSSR count). The van der Waals surface area contributed by atoms with Crippen LogP contribution in [0.1, 0.15) is 37.3 Å². The van der Waals surface area contributed by atoms with Gasteiger partial charge in [0.2, 0.25) is 5.91 Å². The molecule has 0 aliphatic carbocycles. The number of hydrogen-bond donors (Lipinski definition) is 2. The molecule has 0 bridgehead atoms. The highest BCUT2D eigenvalue weighted by molar-refractivity contribution is 5.83. The average Bonchev–Trinajstić information content (AvgIpc) is 3.12. The van der Waals surface area contributed by atoms with Crippen LogP contribution in [0.25, 0.3) is 10.9 Å². The number of aromatic amines is 1. The van der Waals surface area contributed by atoms with Gasteiger partial charge in [-0.2, -0.15) is 0 Å². The Morgan fingerprint density at radius 2 is 2.11 bits per heavy atom. The number of pyridine rings is 1. The van der Waals surface area contributed by atoms with Crippen LogP contribution in [-0.4, -0.2) is 38.5 Å². The van der Waals surface area contributed by atoms with Crippen molar-refractivity contribution < 1.29 is 9.90 Å². The molecule has 1 aromatic carbocycles. The fourth-order valence-corrected chi connectivity index (χ4v) is 3.47. The number of aliphatic hydroxyl groups excluding tert-OH is 1. The van der Waals surface area contributed by atoms with Gasteiger partial charge in [0, 0.05) is 42.5 Å². The molecule has 0 radical (unpaired) electrons. The zero-order chi connectivity index (χ0) is 19.1. The van der Waals surface area contributed by atoms with Crippen LogP contribution in [0, 0.1) is 0 Å². The third-order valence-corrected chi connectivity index (χ3v) is 5.03. The summed E-state index contributed by atoms with van der Waals surface area (Å²) in [6.45, 7) is 2.46. The van der Waals surface area contributed by atoms with Gasteiger partial charge in [0.15, 0.2) is 0 Å². The number of para-hydroxylation sites is 1. The summed E-state index contributed by atoms with van der Waals surface area (Å²) in [5.74, 6) is 0.0830. The Kier molecular flexibility index (Phi) is 6.60. The van der Waals surface area contributed by atoms with Gasteiger partial charge in [-0.15, -0.1) is 0 Å². The second-order valence-electron chi connectivity index (χ2n) is 6.84. The fraction of sp³-hybridized carbons (Fsp3) is 0.364. The monoisotopic (exact) mass is 365 g/mol. The minimum atomic E-state index is -0.161. The lowest BCUT2D eigenvalue weighted by molar-refractivity contribution is -0.135. The van der Waals surface area contributed by atoms with Crippen molar-refractivity contribution in [2.24, 2.45) is 0 Å². The Morgan fingerprint density at radius 3 is 2.85 bits per heavy atom. The van der Waals surface area contributed by atoms with Crippen molar-refractivity contribution in [3.63, 3.8) is 0 Å². The fourth-order valence-electron chi connectivity index (χ4n) is 3.47. The maximum absolute atomic E-state index is 12.9. The predicted octanol–water partition coefficient (Wildman–Crippen LogP) is 3.69. The second-order valence-corrected chi connectivity index (χ2v) is 6.84. The molecule has 0 unspecified atom stereocenters. The molecule has 2 N–H and O–H groups in total. The molecule has 142 valence electrons. The minimum absolute atomic E-state index is 0.0229. The number of amides is 1. The summed E-state index contributed by atoms with van der Waals surface area (Å²) in [6, 6.07) is 11.9. The van der Waals surface area contributed by atoms with Crippen molar-refractivity contribution in [2.75, 3.05) is 6.61 Å². The number of nitrogens with one attached hydrogen (secondary N) is 1. The highest BCUT2D eigenvalue weighted by Crippen LogP contribution is 2.20. The van der Waals surface area contributed by atoms with Crippen LogP contribution in [-0.2, 0) is 17.8 Å². The molecular weight excluding hydrogens is 338 g/mol. The molecule has 0 spiro atoms. The van der Waals surface area contributed by atoms with Crippen LogP contribution < -0.4 is 0 Å². The first-order chi connectivity index (χ1) is 13.2. The van der Waals surface area contributed by atoms with E-state index in [0.29, 0.717) is 13.0 Å². The van der Waals surface area contributed by atoms with Crippen molar-refractivity contribution in [2.45, 2.75) is 45.2 Å². The largest absolute Gasteiger partial charge is 0.394 e. The number of fused-ring (bicyclic) bond motifs is 1. The molecular formula is C22H27N3O2. The number of aromatic nitrogens is 2. The summed E-state index contributed by atoms with van der Waals surface area (Å²) in [4.78, 5) is 22.1. The standard InChI is InChI=1S/C22H27N3O2/c1-2-19(16-26)25(15-17-7-6-12-23-13-17)22(27)11-5-8-18-14-24-21-10-4-3-9-20(18)21/h3-4,6-7,9-10,12-14,19,24,26H,2,5,8,11,15-16H2,1H3/t19-/m0/s1. The van der Waals surface area contributed by atoms with E-state index in [4.69, 9.17) is 0 Å². The van der Waals surface area contributed by atoms with E-state index < -0.39 is 0 Å². The van der Waals surface area contributed by atoms with Crippen molar-refractivity contribution >= 4 is 16.8 Å². The number of carbonyl (C=O) groups is 1. The van der Waals surface area contributed by atoms with E-state index in [1.807, 2.05) is 37.4 Å². The Labute approximate surface area is 160 Å². The average molecular weight is 365 g/mol. The zero-order valence-corrected chi connectivity index (χ0v) is 15.8. The Hall–Kier alpha value is -2.66. The Bertz CT molecular complexity index is 856. The Morgan fingerprint density at radius 1 is 1.26 bits per heavy atom. The molecule has 0 aliphatic heterocycles. The second kappa shape index (κ2) is 9.33. The molecule has 2 heterocycles. The summed E-state index contributed by atoms with van der Waals surface area (Å²) in [7, 11) is 0. The number of aryl methyl sites for hydroxylation is 1. The van der Waals surface area contributed by atoms with Gasteiger partial charge in [-0.1, -0.05) is 31.2 Å². The van der Waals surface area contributed by atoms with Gasteiger partial charge in [0.1, 0.15) is 0 Å². The molecule has 3 aromatic rings. The number of hydrogen-bond acceptors (Lipinski definition) is 3. The highest BCUT2D eigenvalue weighted by atomic mass is 16.3. The van der Waals surface area contributed by atoms with E-state index >= 15 is 0 Å². The highest BCUT2D eigenvalue weighted by Gasteiger charge is 2.22. The van der Waals surface area contributed by atoms with Crippen molar-refractivity contribution in [1.29, 1.82) is 0 Å². The zero-order valence-electron chi connectivity index (χ0n) is 15.8. The van der Waals surface area contributed by atoms with Crippen LogP contribution >= 0.6 is 0 Å². The van der Waals surface area contributed by atoms with Crippen molar-refractivity contribution in [3.05, 3.63) is 66.1 Å². The number of H-pyrrole nitrogens is 1. The molecule has 5 heteroatoms. The lowest BCUT2D eigenvalue weighted by Gasteiger charge is -2.30. The number of carbonyl (C=O) groups excluding carboxylic acids is 1. The molecule has 27 heavy (non-hydrogen) atoms. The molecule has 0 aliphatic rings. The van der Waals surface area contributed by atoms with Gasteiger partial charge in [-0.05, 0) is 42.5 Å². The molecule has 0 saturated carbocycles.